The van der Waals surface area contributed by atoms with Crippen molar-refractivity contribution in [1.29, 1.82) is 0 Å². The Bertz CT molecular complexity index is 445. The molecular formula is C11H15ClO8. The molecule has 4 N–H and O–H groups in total. The molecule has 0 saturated heterocycles. The molecule has 0 saturated carbocycles. The fraction of sp³-hybridized carbons (Fsp3) is 0.636. The molecule has 0 aliphatic carbocycles. The zero-order valence-electron chi connectivity index (χ0n) is 11.0. The van der Waals surface area contributed by atoms with Gasteiger partial charge in [-0.2, -0.15) is 0 Å². The van der Waals surface area contributed by atoms with Crippen molar-refractivity contribution in [3.8, 4) is 0 Å². The molecule has 0 spiro atoms. The van der Waals surface area contributed by atoms with Crippen molar-refractivity contribution in [3.63, 3.8) is 0 Å². The number of aliphatic hydroxyl groups excluding tert-OH is 2. The smallest absolute Gasteiger partial charge is 0.264 e. The minimum Gasteiger partial charge on any atom is -0.386 e. The van der Waals surface area contributed by atoms with Crippen molar-refractivity contribution in [2.24, 2.45) is 0 Å². The van der Waals surface area contributed by atoms with E-state index in [0.717, 1.165) is 6.92 Å². The standard InChI is InChI=1S/C11H15ClO8/c1-4(13)7(16)8(17)10(19,5(2)14)11(20,6(3)15)9(12)18/h7-8,16-17,19-20H,1-3H3/t7?,8-,10-,11+/m1/s1. The first-order valence-electron chi connectivity index (χ1n) is 5.38. The van der Waals surface area contributed by atoms with Gasteiger partial charge in [-0.05, 0) is 32.4 Å². The molecule has 0 radical (unpaired) electrons. The van der Waals surface area contributed by atoms with Crippen LogP contribution in [0, 0.1) is 0 Å². The van der Waals surface area contributed by atoms with Gasteiger partial charge in [0.15, 0.2) is 23.0 Å². The van der Waals surface area contributed by atoms with Crippen molar-refractivity contribution < 1.29 is 39.6 Å². The molecule has 0 rings (SSSR count). The van der Waals surface area contributed by atoms with Crippen molar-refractivity contribution in [2.45, 2.75) is 44.2 Å². The van der Waals surface area contributed by atoms with Gasteiger partial charge in [0, 0.05) is 0 Å². The summed E-state index contributed by atoms with van der Waals surface area (Å²) in [6.45, 7) is 2.11. The van der Waals surface area contributed by atoms with Gasteiger partial charge in [-0.1, -0.05) is 0 Å². The molecule has 0 aromatic heterocycles. The summed E-state index contributed by atoms with van der Waals surface area (Å²) >= 11 is 5.04. The predicted octanol–water partition coefficient (Wildman–Crippen LogP) is -2.30. The number of halogens is 1. The number of carbonyl (C=O) groups is 4. The molecule has 9 heteroatoms. The Kier molecular flexibility index (Phi) is 5.70. The fourth-order valence-corrected chi connectivity index (χ4v) is 1.96. The maximum absolute atomic E-state index is 11.5. The maximum atomic E-state index is 11.5. The second-order valence-electron chi connectivity index (χ2n) is 4.36. The van der Waals surface area contributed by atoms with E-state index in [0.29, 0.717) is 13.8 Å². The summed E-state index contributed by atoms with van der Waals surface area (Å²) in [4.78, 5) is 45.2. The summed E-state index contributed by atoms with van der Waals surface area (Å²) in [6.07, 6.45) is -4.94. The zero-order valence-corrected chi connectivity index (χ0v) is 11.7. The van der Waals surface area contributed by atoms with Crippen LogP contribution in [-0.4, -0.2) is 66.4 Å². The molecule has 0 fully saturated rings. The van der Waals surface area contributed by atoms with Crippen LogP contribution in [0.1, 0.15) is 20.8 Å². The van der Waals surface area contributed by atoms with Crippen LogP contribution in [0.5, 0.6) is 0 Å². The lowest BCUT2D eigenvalue weighted by molar-refractivity contribution is -0.211. The van der Waals surface area contributed by atoms with Crippen LogP contribution >= 0.6 is 11.6 Å². The Morgan fingerprint density at radius 3 is 1.55 bits per heavy atom. The van der Waals surface area contributed by atoms with Crippen LogP contribution in [-0.2, 0) is 19.2 Å². The number of Topliss-reactive ketones (excluding diaryl/α,β-unsaturated/α-hetero) is 3. The Labute approximate surface area is 119 Å². The summed E-state index contributed by atoms with van der Waals surface area (Å²) in [5.41, 5.74) is -6.97. The average Bonchev–Trinajstić information content (AvgIpc) is 2.33. The second kappa shape index (κ2) is 6.06. The highest BCUT2D eigenvalue weighted by molar-refractivity contribution is 6.68. The zero-order chi connectivity index (χ0) is 16.5. The summed E-state index contributed by atoms with van der Waals surface area (Å²) < 4.78 is 0. The SMILES string of the molecule is CC(=O)C(O)[C@@H](O)[C@](O)(C(C)=O)[C@](O)(C(C)=O)C(=O)Cl. The molecule has 20 heavy (non-hydrogen) atoms. The normalized spacial score (nSPS) is 20.2. The number of hydrogen-bond acceptors (Lipinski definition) is 8. The van der Waals surface area contributed by atoms with E-state index in [2.05, 4.69) is 0 Å². The Morgan fingerprint density at radius 2 is 1.35 bits per heavy atom. The molecule has 4 atom stereocenters. The molecule has 0 aromatic rings. The van der Waals surface area contributed by atoms with Crippen molar-refractivity contribution >= 4 is 34.2 Å². The van der Waals surface area contributed by atoms with E-state index < -0.39 is 46.0 Å². The lowest BCUT2D eigenvalue weighted by Crippen LogP contribution is -2.73. The summed E-state index contributed by atoms with van der Waals surface area (Å²) in [5.74, 6) is -3.94. The first-order chi connectivity index (χ1) is 8.84. The van der Waals surface area contributed by atoms with Crippen molar-refractivity contribution in [2.75, 3.05) is 0 Å². The highest BCUT2D eigenvalue weighted by atomic mass is 35.5. The third-order valence-electron chi connectivity index (χ3n) is 3.03. The number of hydrogen-bond donors (Lipinski definition) is 4. The van der Waals surface area contributed by atoms with Gasteiger partial charge >= 0.3 is 0 Å². The van der Waals surface area contributed by atoms with Gasteiger partial charge < -0.3 is 20.4 Å². The molecule has 1 unspecified atom stereocenters. The molecule has 0 heterocycles. The van der Waals surface area contributed by atoms with E-state index in [1.807, 2.05) is 0 Å². The summed E-state index contributed by atoms with van der Waals surface area (Å²) in [5, 5.41) is 37.4. The van der Waals surface area contributed by atoms with Gasteiger partial charge in [0.2, 0.25) is 5.60 Å². The van der Waals surface area contributed by atoms with Crippen LogP contribution in [0.2, 0.25) is 0 Å². The van der Waals surface area contributed by atoms with Gasteiger partial charge in [-0.3, -0.25) is 19.2 Å². The third kappa shape index (κ3) is 2.65. The van der Waals surface area contributed by atoms with Gasteiger partial charge in [-0.15, -0.1) is 0 Å². The Morgan fingerprint density at radius 1 is 0.950 bits per heavy atom. The van der Waals surface area contributed by atoms with Crippen LogP contribution in [0.25, 0.3) is 0 Å². The molecule has 0 aliphatic rings. The lowest BCUT2D eigenvalue weighted by Gasteiger charge is -2.41. The first kappa shape index (κ1) is 18.8. The molecular weight excluding hydrogens is 296 g/mol. The van der Waals surface area contributed by atoms with Crippen molar-refractivity contribution in [3.05, 3.63) is 0 Å². The topological polar surface area (TPSA) is 149 Å². The quantitative estimate of drug-likeness (QED) is 0.303. The number of ketones is 3. The highest BCUT2D eigenvalue weighted by Gasteiger charge is 2.66. The number of carbonyl (C=O) groups excluding carboxylic acids is 4. The van der Waals surface area contributed by atoms with E-state index in [9.17, 15) is 39.6 Å². The van der Waals surface area contributed by atoms with Gasteiger partial charge in [-0.25, -0.2) is 0 Å². The largest absolute Gasteiger partial charge is 0.386 e. The number of rotatable bonds is 7. The fourth-order valence-electron chi connectivity index (χ4n) is 1.68. The molecule has 0 aromatic carbocycles. The molecule has 0 aliphatic heterocycles. The lowest BCUT2D eigenvalue weighted by atomic mass is 9.72. The molecule has 0 bridgehead atoms. The number of aliphatic hydroxyl groups is 4. The highest BCUT2D eigenvalue weighted by Crippen LogP contribution is 2.32. The Hall–Kier alpha value is -1.19. The van der Waals surface area contributed by atoms with E-state index >= 15 is 0 Å². The second-order valence-corrected chi connectivity index (χ2v) is 4.71. The molecule has 8 nitrogen and oxygen atoms in total. The van der Waals surface area contributed by atoms with Crippen LogP contribution in [0.15, 0.2) is 0 Å². The maximum Gasteiger partial charge on any atom is 0.264 e. The molecule has 0 amide bonds. The average molecular weight is 311 g/mol. The van der Waals surface area contributed by atoms with Crippen LogP contribution < -0.4 is 0 Å². The predicted molar refractivity (Wildman–Crippen MR) is 64.8 cm³/mol. The van der Waals surface area contributed by atoms with E-state index in [-0.39, 0.29) is 0 Å². The summed E-state index contributed by atoms with van der Waals surface area (Å²) in [7, 11) is 0. The van der Waals surface area contributed by atoms with Gasteiger partial charge in [0.1, 0.15) is 12.2 Å². The summed E-state index contributed by atoms with van der Waals surface area (Å²) in [6, 6.07) is 0. The van der Waals surface area contributed by atoms with Crippen LogP contribution in [0.4, 0.5) is 0 Å². The van der Waals surface area contributed by atoms with Crippen LogP contribution in [0.3, 0.4) is 0 Å². The van der Waals surface area contributed by atoms with E-state index in [1.54, 1.807) is 0 Å². The third-order valence-corrected chi connectivity index (χ3v) is 3.30. The molecule has 114 valence electrons. The van der Waals surface area contributed by atoms with Gasteiger partial charge in [0.05, 0.1) is 0 Å². The van der Waals surface area contributed by atoms with E-state index in [4.69, 9.17) is 11.6 Å². The van der Waals surface area contributed by atoms with Gasteiger partial charge in [0.25, 0.3) is 5.24 Å². The Balaban J connectivity index is 6.22. The minimum absolute atomic E-state index is 0.640. The van der Waals surface area contributed by atoms with Crippen molar-refractivity contribution in [1.82, 2.24) is 0 Å². The minimum atomic E-state index is -3.50. The van der Waals surface area contributed by atoms with E-state index in [1.165, 1.54) is 0 Å². The first-order valence-corrected chi connectivity index (χ1v) is 5.76. The monoisotopic (exact) mass is 310 g/mol.